The van der Waals surface area contributed by atoms with Crippen LogP contribution < -0.4 is 5.32 Å². The summed E-state index contributed by atoms with van der Waals surface area (Å²) in [5.74, 6) is 0.178. The van der Waals surface area contributed by atoms with Crippen LogP contribution in [0.2, 0.25) is 0 Å². The van der Waals surface area contributed by atoms with Crippen molar-refractivity contribution in [3.8, 4) is 0 Å². The fourth-order valence-electron chi connectivity index (χ4n) is 2.02. The highest BCUT2D eigenvalue weighted by molar-refractivity contribution is 9.10. The van der Waals surface area contributed by atoms with Crippen LogP contribution in [0, 0.1) is 0 Å². The monoisotopic (exact) mass is 333 g/mol. The zero-order chi connectivity index (χ0) is 13.8. The number of hydrogen-bond donors (Lipinski definition) is 1. The number of nitrogens with one attached hydrogen (secondary N) is 1. The van der Waals surface area contributed by atoms with Crippen LogP contribution in [0.1, 0.15) is 19.4 Å². The summed E-state index contributed by atoms with van der Waals surface area (Å²) in [6.45, 7) is 3.97. The molecule has 2 atom stereocenters. The van der Waals surface area contributed by atoms with E-state index in [9.17, 15) is 8.42 Å². The Morgan fingerprint density at radius 3 is 2.22 bits per heavy atom. The lowest BCUT2D eigenvalue weighted by molar-refractivity contribution is 0.484. The van der Waals surface area contributed by atoms with Crippen molar-refractivity contribution in [3.05, 3.63) is 34.3 Å². The third-order valence-electron chi connectivity index (χ3n) is 2.58. The van der Waals surface area contributed by atoms with E-state index in [0.29, 0.717) is 0 Å². The smallest absolute Gasteiger partial charge is 0.148 e. The summed E-state index contributed by atoms with van der Waals surface area (Å²) in [6.07, 6.45) is 2.16. The topological polar surface area (TPSA) is 46.2 Å². The Morgan fingerprint density at radius 1 is 1.17 bits per heavy atom. The van der Waals surface area contributed by atoms with Gasteiger partial charge in [-0.15, -0.1) is 0 Å². The first-order valence-electron chi connectivity index (χ1n) is 5.94. The Kier molecular flexibility index (Phi) is 5.82. The minimum absolute atomic E-state index is 0.0227. The first-order valence-corrected chi connectivity index (χ1v) is 8.80. The van der Waals surface area contributed by atoms with Crippen LogP contribution in [-0.2, 0) is 16.3 Å². The number of hydrogen-bond acceptors (Lipinski definition) is 3. The van der Waals surface area contributed by atoms with Gasteiger partial charge in [-0.05, 0) is 38.0 Å². The van der Waals surface area contributed by atoms with Crippen molar-refractivity contribution < 1.29 is 8.42 Å². The highest BCUT2D eigenvalue weighted by atomic mass is 79.9. The summed E-state index contributed by atoms with van der Waals surface area (Å²) in [5, 5.41) is 3.31. The molecule has 0 aliphatic rings. The lowest BCUT2D eigenvalue weighted by atomic mass is 10.1. The molecule has 0 fully saturated rings. The molecule has 0 aromatic heterocycles. The molecule has 1 N–H and O–H groups in total. The summed E-state index contributed by atoms with van der Waals surface area (Å²) >= 11 is 3.40. The molecule has 5 heteroatoms. The Bertz CT molecular complexity index is 470. The van der Waals surface area contributed by atoms with Crippen molar-refractivity contribution in [1.82, 2.24) is 5.32 Å². The van der Waals surface area contributed by atoms with E-state index in [4.69, 9.17) is 0 Å². The van der Waals surface area contributed by atoms with Crippen LogP contribution in [0.4, 0.5) is 0 Å². The molecule has 0 radical (unpaired) electrons. The molecule has 2 unspecified atom stereocenters. The third-order valence-corrected chi connectivity index (χ3v) is 4.21. The van der Waals surface area contributed by atoms with E-state index < -0.39 is 9.84 Å². The molecule has 0 aliphatic carbocycles. The van der Waals surface area contributed by atoms with Crippen molar-refractivity contribution in [1.29, 1.82) is 0 Å². The van der Waals surface area contributed by atoms with Crippen LogP contribution in [0.15, 0.2) is 28.7 Å². The Hall–Kier alpha value is -0.390. The van der Waals surface area contributed by atoms with Gasteiger partial charge in [-0.1, -0.05) is 28.1 Å². The molecular formula is C13H20BrNO2S. The third kappa shape index (κ3) is 6.52. The lowest BCUT2D eigenvalue weighted by Crippen LogP contribution is -2.39. The molecule has 0 spiro atoms. The van der Waals surface area contributed by atoms with Crippen molar-refractivity contribution in [2.45, 2.75) is 32.4 Å². The van der Waals surface area contributed by atoms with Gasteiger partial charge in [-0.3, -0.25) is 0 Å². The van der Waals surface area contributed by atoms with Gasteiger partial charge < -0.3 is 5.32 Å². The quantitative estimate of drug-likeness (QED) is 0.869. The van der Waals surface area contributed by atoms with Gasteiger partial charge in [0.1, 0.15) is 9.84 Å². The Balaban J connectivity index is 2.46. The zero-order valence-corrected chi connectivity index (χ0v) is 13.4. The fourth-order valence-corrected chi connectivity index (χ4v) is 3.29. The maximum Gasteiger partial charge on any atom is 0.148 e. The second-order valence-corrected chi connectivity index (χ2v) is 7.99. The van der Waals surface area contributed by atoms with Crippen molar-refractivity contribution >= 4 is 25.8 Å². The largest absolute Gasteiger partial charge is 0.310 e. The van der Waals surface area contributed by atoms with Gasteiger partial charge in [0.05, 0.1) is 5.75 Å². The van der Waals surface area contributed by atoms with Gasteiger partial charge >= 0.3 is 0 Å². The van der Waals surface area contributed by atoms with Gasteiger partial charge in [0.25, 0.3) is 0 Å². The molecule has 0 bridgehead atoms. The normalized spacial score (nSPS) is 15.3. The van der Waals surface area contributed by atoms with Gasteiger partial charge in [0.15, 0.2) is 0 Å². The van der Waals surface area contributed by atoms with Crippen molar-refractivity contribution in [2.24, 2.45) is 0 Å². The molecular weight excluding hydrogens is 314 g/mol. The number of rotatable bonds is 6. The summed E-state index contributed by atoms with van der Waals surface area (Å²) in [6, 6.07) is 8.41. The SMILES string of the molecule is CC(Cc1ccc(Br)cc1)NC(C)CS(C)(=O)=O. The van der Waals surface area contributed by atoms with Crippen LogP contribution >= 0.6 is 15.9 Å². The molecule has 1 aromatic rings. The molecule has 0 saturated carbocycles. The minimum atomic E-state index is -2.92. The summed E-state index contributed by atoms with van der Waals surface area (Å²) in [4.78, 5) is 0. The second kappa shape index (κ2) is 6.68. The highest BCUT2D eigenvalue weighted by Crippen LogP contribution is 2.12. The summed E-state index contributed by atoms with van der Waals surface area (Å²) < 4.78 is 23.4. The molecule has 0 saturated heterocycles. The molecule has 102 valence electrons. The second-order valence-electron chi connectivity index (χ2n) is 4.89. The van der Waals surface area contributed by atoms with E-state index in [2.05, 4.69) is 40.3 Å². The summed E-state index contributed by atoms with van der Waals surface area (Å²) in [5.41, 5.74) is 1.24. The van der Waals surface area contributed by atoms with Gasteiger partial charge in [-0.2, -0.15) is 0 Å². The van der Waals surface area contributed by atoms with Crippen molar-refractivity contribution in [2.75, 3.05) is 12.0 Å². The number of benzene rings is 1. The molecule has 18 heavy (non-hydrogen) atoms. The van der Waals surface area contributed by atoms with Crippen LogP contribution in [0.5, 0.6) is 0 Å². The molecule has 0 aliphatic heterocycles. The zero-order valence-electron chi connectivity index (χ0n) is 11.0. The maximum absolute atomic E-state index is 11.2. The highest BCUT2D eigenvalue weighted by Gasteiger charge is 2.13. The average Bonchev–Trinajstić information content (AvgIpc) is 2.18. The van der Waals surface area contributed by atoms with E-state index in [-0.39, 0.29) is 17.8 Å². The number of sulfone groups is 1. The average molecular weight is 334 g/mol. The Labute approximate surface area is 118 Å². The van der Waals surface area contributed by atoms with Crippen LogP contribution in [0.25, 0.3) is 0 Å². The molecule has 0 heterocycles. The van der Waals surface area contributed by atoms with Crippen LogP contribution in [0.3, 0.4) is 0 Å². The molecule has 0 amide bonds. The van der Waals surface area contributed by atoms with E-state index in [1.807, 2.05) is 19.1 Å². The molecule has 3 nitrogen and oxygen atoms in total. The van der Waals surface area contributed by atoms with Crippen LogP contribution in [-0.4, -0.2) is 32.5 Å². The standard InChI is InChI=1S/C13H20BrNO2S/c1-10(15-11(2)9-18(3,16)17)8-12-4-6-13(14)7-5-12/h4-7,10-11,15H,8-9H2,1-3H3. The van der Waals surface area contributed by atoms with E-state index in [0.717, 1.165) is 10.9 Å². The van der Waals surface area contributed by atoms with Gasteiger partial charge in [0, 0.05) is 22.8 Å². The fraction of sp³-hybridized carbons (Fsp3) is 0.538. The van der Waals surface area contributed by atoms with Crippen molar-refractivity contribution in [3.63, 3.8) is 0 Å². The van der Waals surface area contributed by atoms with Gasteiger partial charge in [-0.25, -0.2) is 8.42 Å². The minimum Gasteiger partial charge on any atom is -0.310 e. The molecule has 1 aromatic carbocycles. The maximum atomic E-state index is 11.2. The predicted octanol–water partition coefficient (Wildman–Crippen LogP) is 2.40. The molecule has 1 rings (SSSR count). The predicted molar refractivity (Wildman–Crippen MR) is 79.6 cm³/mol. The van der Waals surface area contributed by atoms with Gasteiger partial charge in [0.2, 0.25) is 0 Å². The van der Waals surface area contributed by atoms with E-state index >= 15 is 0 Å². The van der Waals surface area contributed by atoms with E-state index in [1.54, 1.807) is 0 Å². The first-order chi connectivity index (χ1) is 8.26. The lowest BCUT2D eigenvalue weighted by Gasteiger charge is -2.19. The summed E-state index contributed by atoms with van der Waals surface area (Å²) in [7, 11) is -2.92. The Morgan fingerprint density at radius 2 is 1.72 bits per heavy atom. The van der Waals surface area contributed by atoms with E-state index in [1.165, 1.54) is 11.8 Å². The first kappa shape index (κ1) is 15.7. The number of halogens is 1.